The van der Waals surface area contributed by atoms with Crippen LogP contribution in [0.15, 0.2) is 60.7 Å². The molecule has 0 N–H and O–H groups in total. The molecule has 1 fully saturated rings. The van der Waals surface area contributed by atoms with Crippen LogP contribution in [0, 0.1) is 0 Å². The van der Waals surface area contributed by atoms with Crippen molar-refractivity contribution >= 4 is 5.91 Å². The predicted octanol–water partition coefficient (Wildman–Crippen LogP) is 4.01. The third-order valence-electron chi connectivity index (χ3n) is 4.77. The lowest BCUT2D eigenvalue weighted by molar-refractivity contribution is -0.136. The second kappa shape index (κ2) is 6.35. The maximum Gasteiger partial charge on any atom is 0.237 e. The summed E-state index contributed by atoms with van der Waals surface area (Å²) in [4.78, 5) is 15.4. The van der Waals surface area contributed by atoms with Crippen LogP contribution in [-0.4, -0.2) is 23.9 Å². The fourth-order valence-corrected chi connectivity index (χ4v) is 3.37. The van der Waals surface area contributed by atoms with Crippen molar-refractivity contribution in [2.24, 2.45) is 0 Å². The second-order valence-corrected chi connectivity index (χ2v) is 6.21. The van der Waals surface area contributed by atoms with Gasteiger partial charge in [-0.3, -0.25) is 4.79 Å². The minimum absolute atomic E-state index is 0.226. The van der Waals surface area contributed by atoms with E-state index in [0.29, 0.717) is 0 Å². The second-order valence-electron chi connectivity index (χ2n) is 6.21. The Morgan fingerprint density at radius 2 is 1.27 bits per heavy atom. The van der Waals surface area contributed by atoms with E-state index in [0.717, 1.165) is 37.1 Å². The Morgan fingerprint density at radius 1 is 0.818 bits per heavy atom. The number of amides is 1. The first-order valence-corrected chi connectivity index (χ1v) is 8.13. The Kier molecular flexibility index (Phi) is 4.28. The van der Waals surface area contributed by atoms with E-state index < -0.39 is 5.41 Å². The molecular formula is C20H23NO. The van der Waals surface area contributed by atoms with Crippen molar-refractivity contribution in [2.75, 3.05) is 13.1 Å². The van der Waals surface area contributed by atoms with E-state index in [4.69, 9.17) is 0 Å². The van der Waals surface area contributed by atoms with E-state index in [1.165, 1.54) is 6.42 Å². The fraction of sp³-hybridized carbons (Fsp3) is 0.350. The average Bonchev–Trinajstić information content (AvgIpc) is 2.62. The van der Waals surface area contributed by atoms with Gasteiger partial charge in [0.05, 0.1) is 5.41 Å². The lowest BCUT2D eigenvalue weighted by Gasteiger charge is -2.37. The van der Waals surface area contributed by atoms with Gasteiger partial charge in [0.15, 0.2) is 0 Å². The van der Waals surface area contributed by atoms with Gasteiger partial charge in [-0.15, -0.1) is 0 Å². The molecule has 0 atom stereocenters. The van der Waals surface area contributed by atoms with E-state index in [9.17, 15) is 4.79 Å². The maximum absolute atomic E-state index is 13.3. The predicted molar refractivity (Wildman–Crippen MR) is 89.8 cm³/mol. The van der Waals surface area contributed by atoms with Crippen LogP contribution in [0.1, 0.15) is 37.3 Å². The molecule has 0 saturated carbocycles. The number of likely N-dealkylation sites (tertiary alicyclic amines) is 1. The SMILES string of the molecule is CC(C(=O)N1CCCCC1)(c1ccccc1)c1ccccc1. The molecule has 0 aromatic heterocycles. The van der Waals surface area contributed by atoms with Crippen molar-refractivity contribution in [2.45, 2.75) is 31.6 Å². The largest absolute Gasteiger partial charge is 0.342 e. The summed E-state index contributed by atoms with van der Waals surface area (Å²) in [7, 11) is 0. The zero-order valence-corrected chi connectivity index (χ0v) is 13.2. The van der Waals surface area contributed by atoms with Gasteiger partial charge in [-0.1, -0.05) is 60.7 Å². The highest BCUT2D eigenvalue weighted by Crippen LogP contribution is 2.34. The van der Waals surface area contributed by atoms with Crippen LogP contribution in [0.5, 0.6) is 0 Å². The molecule has 2 aromatic rings. The van der Waals surface area contributed by atoms with Gasteiger partial charge < -0.3 is 4.90 Å². The molecular weight excluding hydrogens is 270 g/mol. The standard InChI is InChI=1S/C20H23NO/c1-20(17-11-5-2-6-12-17,18-13-7-3-8-14-18)19(22)21-15-9-4-10-16-21/h2-3,5-8,11-14H,4,9-10,15-16H2,1H3. The van der Waals surface area contributed by atoms with Crippen molar-refractivity contribution in [1.82, 2.24) is 4.90 Å². The van der Waals surface area contributed by atoms with Crippen LogP contribution in [0.3, 0.4) is 0 Å². The quantitative estimate of drug-likeness (QED) is 0.837. The molecule has 0 aliphatic carbocycles. The first kappa shape index (κ1) is 14.8. The smallest absolute Gasteiger partial charge is 0.237 e. The van der Waals surface area contributed by atoms with E-state index >= 15 is 0 Å². The Hall–Kier alpha value is -2.09. The fourth-order valence-electron chi connectivity index (χ4n) is 3.37. The molecule has 1 amide bonds. The van der Waals surface area contributed by atoms with Crippen molar-refractivity contribution in [1.29, 1.82) is 0 Å². The Morgan fingerprint density at radius 3 is 1.73 bits per heavy atom. The van der Waals surface area contributed by atoms with Crippen molar-refractivity contribution in [3.8, 4) is 0 Å². The number of benzene rings is 2. The summed E-state index contributed by atoms with van der Waals surface area (Å²) >= 11 is 0. The number of nitrogens with zero attached hydrogens (tertiary/aromatic N) is 1. The Balaban J connectivity index is 2.05. The topological polar surface area (TPSA) is 20.3 Å². The lowest BCUT2D eigenvalue weighted by atomic mass is 9.74. The summed E-state index contributed by atoms with van der Waals surface area (Å²) in [6, 6.07) is 20.3. The molecule has 2 nitrogen and oxygen atoms in total. The van der Waals surface area contributed by atoms with Gasteiger partial charge in [0.1, 0.15) is 0 Å². The van der Waals surface area contributed by atoms with Crippen LogP contribution < -0.4 is 0 Å². The molecule has 0 spiro atoms. The molecule has 0 radical (unpaired) electrons. The molecule has 2 aromatic carbocycles. The molecule has 1 aliphatic rings. The highest BCUT2D eigenvalue weighted by atomic mass is 16.2. The van der Waals surface area contributed by atoms with Gasteiger partial charge in [0.2, 0.25) is 5.91 Å². The van der Waals surface area contributed by atoms with E-state index in [1.807, 2.05) is 41.3 Å². The number of carbonyl (C=O) groups excluding carboxylic acids is 1. The number of carbonyl (C=O) groups is 1. The van der Waals surface area contributed by atoms with Crippen LogP contribution in [0.25, 0.3) is 0 Å². The molecule has 1 heterocycles. The molecule has 22 heavy (non-hydrogen) atoms. The number of rotatable bonds is 3. The first-order valence-electron chi connectivity index (χ1n) is 8.13. The average molecular weight is 293 g/mol. The third kappa shape index (κ3) is 2.66. The summed E-state index contributed by atoms with van der Waals surface area (Å²) in [5.74, 6) is 0.226. The van der Waals surface area contributed by atoms with Gasteiger partial charge in [-0.2, -0.15) is 0 Å². The molecule has 0 unspecified atom stereocenters. The van der Waals surface area contributed by atoms with Gasteiger partial charge in [-0.25, -0.2) is 0 Å². The Bertz CT molecular complexity index is 575. The van der Waals surface area contributed by atoms with Crippen LogP contribution in [0.4, 0.5) is 0 Å². The van der Waals surface area contributed by atoms with E-state index in [-0.39, 0.29) is 5.91 Å². The monoisotopic (exact) mass is 293 g/mol. The molecule has 3 rings (SSSR count). The number of hydrogen-bond donors (Lipinski definition) is 0. The zero-order valence-electron chi connectivity index (χ0n) is 13.2. The van der Waals surface area contributed by atoms with E-state index in [1.54, 1.807) is 0 Å². The highest BCUT2D eigenvalue weighted by molar-refractivity contribution is 5.91. The number of hydrogen-bond acceptors (Lipinski definition) is 1. The lowest BCUT2D eigenvalue weighted by Crippen LogP contribution is -2.47. The minimum Gasteiger partial charge on any atom is -0.342 e. The molecule has 0 bridgehead atoms. The van der Waals surface area contributed by atoms with E-state index in [2.05, 4.69) is 31.2 Å². The molecule has 2 heteroatoms. The maximum atomic E-state index is 13.3. The normalized spacial score (nSPS) is 15.6. The zero-order chi connectivity index (χ0) is 15.4. The van der Waals surface area contributed by atoms with Gasteiger partial charge in [0.25, 0.3) is 0 Å². The summed E-state index contributed by atoms with van der Waals surface area (Å²) in [5, 5.41) is 0. The summed E-state index contributed by atoms with van der Waals surface area (Å²) in [6.45, 7) is 3.83. The summed E-state index contributed by atoms with van der Waals surface area (Å²) < 4.78 is 0. The van der Waals surface area contributed by atoms with Gasteiger partial charge in [0, 0.05) is 13.1 Å². The first-order chi connectivity index (χ1) is 10.7. The van der Waals surface area contributed by atoms with Gasteiger partial charge in [-0.05, 0) is 37.3 Å². The minimum atomic E-state index is -0.611. The summed E-state index contributed by atoms with van der Waals surface area (Å²) in [5.41, 5.74) is 1.52. The molecule has 1 saturated heterocycles. The van der Waals surface area contributed by atoms with Crippen molar-refractivity contribution < 1.29 is 4.79 Å². The third-order valence-corrected chi connectivity index (χ3v) is 4.77. The summed E-state index contributed by atoms with van der Waals surface area (Å²) in [6.07, 6.45) is 3.47. The van der Waals surface area contributed by atoms with Crippen LogP contribution >= 0.6 is 0 Å². The van der Waals surface area contributed by atoms with Crippen LogP contribution in [0.2, 0.25) is 0 Å². The number of piperidine rings is 1. The van der Waals surface area contributed by atoms with Crippen molar-refractivity contribution in [3.05, 3.63) is 71.8 Å². The van der Waals surface area contributed by atoms with Crippen molar-refractivity contribution in [3.63, 3.8) is 0 Å². The molecule has 1 aliphatic heterocycles. The highest BCUT2D eigenvalue weighted by Gasteiger charge is 2.40. The van der Waals surface area contributed by atoms with Crippen LogP contribution in [-0.2, 0) is 10.2 Å². The van der Waals surface area contributed by atoms with Gasteiger partial charge >= 0.3 is 0 Å². The Labute approximate surface area is 132 Å². The molecule has 114 valence electrons.